The first-order chi connectivity index (χ1) is 23.3. The average Bonchev–Trinajstić information content (AvgIpc) is 2.99. The molecule has 298 valence electrons. The molecule has 0 aliphatic heterocycles. The maximum Gasteiger partial charge on any atom is 0.307 e. The lowest BCUT2D eigenvalue weighted by molar-refractivity contribution is -0.177. The first kappa shape index (κ1) is 49.7. The topological polar surface area (TPSA) is 320 Å². The van der Waals surface area contributed by atoms with Crippen LogP contribution < -0.4 is 5.73 Å². The third-order valence-corrected chi connectivity index (χ3v) is 8.61. The highest BCUT2D eigenvalue weighted by atomic mass is 16.6. The number of nitrogens with two attached hydrogens (primary N) is 1. The fourth-order valence-corrected chi connectivity index (χ4v) is 5.68. The number of carboxylic acid groups (broad SMARTS) is 4. The van der Waals surface area contributed by atoms with E-state index in [0.717, 1.165) is 6.42 Å². The number of esters is 2. The summed E-state index contributed by atoms with van der Waals surface area (Å²) < 4.78 is 11.4. The van der Waals surface area contributed by atoms with Crippen molar-refractivity contribution in [3.63, 3.8) is 0 Å². The zero-order valence-corrected chi connectivity index (χ0v) is 30.1. The van der Waals surface area contributed by atoms with E-state index in [-0.39, 0.29) is 30.7 Å². The summed E-state index contributed by atoms with van der Waals surface area (Å²) in [5.74, 6) is -12.0. The van der Waals surface area contributed by atoms with Crippen LogP contribution in [0.15, 0.2) is 0 Å². The first-order valence-electron chi connectivity index (χ1n) is 17.3. The summed E-state index contributed by atoms with van der Waals surface area (Å²) in [4.78, 5) is 71.6. The van der Waals surface area contributed by atoms with Gasteiger partial charge in [-0.2, -0.15) is 0 Å². The molecule has 0 heterocycles. The lowest BCUT2D eigenvalue weighted by atomic mass is 9.87. The van der Waals surface area contributed by atoms with Crippen molar-refractivity contribution in [2.45, 2.75) is 154 Å². The van der Waals surface area contributed by atoms with E-state index in [1.165, 1.54) is 0 Å². The number of rotatable bonds is 29. The third-order valence-electron chi connectivity index (χ3n) is 8.61. The Morgan fingerprint density at radius 2 is 1.08 bits per heavy atom. The Morgan fingerprint density at radius 3 is 1.49 bits per heavy atom. The molecule has 0 radical (unpaired) electrons. The van der Waals surface area contributed by atoms with Gasteiger partial charge in [-0.25, -0.2) is 0 Å². The monoisotopic (exact) mass is 739 g/mol. The van der Waals surface area contributed by atoms with Crippen LogP contribution in [-0.2, 0) is 38.2 Å². The molecule has 10 atom stereocenters. The second-order valence-electron chi connectivity index (χ2n) is 13.6. The van der Waals surface area contributed by atoms with Crippen molar-refractivity contribution in [2.75, 3.05) is 0 Å². The van der Waals surface area contributed by atoms with Gasteiger partial charge in [0, 0.05) is 12.5 Å². The molecule has 0 aromatic heterocycles. The molecule has 11 N–H and O–H groups in total. The lowest BCUT2D eigenvalue weighted by Gasteiger charge is -2.33. The van der Waals surface area contributed by atoms with Gasteiger partial charge >= 0.3 is 35.8 Å². The summed E-state index contributed by atoms with van der Waals surface area (Å²) in [5.41, 5.74) is 5.63. The van der Waals surface area contributed by atoms with E-state index >= 15 is 0 Å². The molecule has 51 heavy (non-hydrogen) atoms. The van der Waals surface area contributed by atoms with Gasteiger partial charge in [0.2, 0.25) is 0 Å². The van der Waals surface area contributed by atoms with Crippen LogP contribution in [0.5, 0.6) is 0 Å². The minimum absolute atomic E-state index is 0. The van der Waals surface area contributed by atoms with Crippen LogP contribution in [0.2, 0.25) is 0 Å². The average molecular weight is 740 g/mol. The summed E-state index contributed by atoms with van der Waals surface area (Å²) >= 11 is 0. The van der Waals surface area contributed by atoms with Crippen LogP contribution >= 0.6 is 0 Å². The zero-order valence-electron chi connectivity index (χ0n) is 30.1. The Hall–Kier alpha value is -3.38. The molecule has 1 unspecified atom stereocenters. The van der Waals surface area contributed by atoms with Gasteiger partial charge in [0.15, 0.2) is 0 Å². The number of carbonyl (C=O) groups excluding carboxylic acids is 2. The van der Waals surface area contributed by atoms with Gasteiger partial charge < -0.3 is 56.4 Å². The van der Waals surface area contributed by atoms with E-state index in [0.29, 0.717) is 38.5 Å². The maximum atomic E-state index is 13.0. The van der Waals surface area contributed by atoms with E-state index in [2.05, 4.69) is 0 Å². The lowest BCUT2D eigenvalue weighted by Crippen LogP contribution is -2.42. The van der Waals surface area contributed by atoms with E-state index in [1.54, 1.807) is 20.8 Å². The van der Waals surface area contributed by atoms with Crippen molar-refractivity contribution >= 4 is 35.8 Å². The molecule has 0 bridgehead atoms. The van der Waals surface area contributed by atoms with Crippen LogP contribution in [0.25, 0.3) is 0 Å². The summed E-state index contributed by atoms with van der Waals surface area (Å²) in [6.45, 7) is 7.06. The fraction of sp³-hybridized carbons (Fsp3) is 0.824. The van der Waals surface area contributed by atoms with E-state index in [1.807, 2.05) is 6.92 Å². The smallest absolute Gasteiger partial charge is 0.307 e. The summed E-state index contributed by atoms with van der Waals surface area (Å²) in [7, 11) is 0. The standard InChI is InChI=1S/C34H59NO15.H2O/c1-5-6-9-20(3)32(50-31(44)17-23(34(47)48)15-29(41)42)27(49-30(43)16-22(33(45)46)14-28(39)40)13-19(2)12-24(36)10-7-8-11-25(37)18-26(38)21(4)35;/h19-27,32,36-38H,5-18,35H2,1-4H3,(H,39,40)(H,41,42)(H,45,46)(H,47,48);1H2/t19-,20+,21-,22+,23+,24+,25+,26-,27?,32+;/m0./s1. The fourth-order valence-electron chi connectivity index (χ4n) is 5.68. The second kappa shape index (κ2) is 26.4. The number of aliphatic carboxylic acids is 4. The van der Waals surface area contributed by atoms with Gasteiger partial charge in [-0.15, -0.1) is 0 Å². The van der Waals surface area contributed by atoms with Gasteiger partial charge in [0.1, 0.15) is 12.2 Å². The number of carboxylic acids is 4. The van der Waals surface area contributed by atoms with Crippen molar-refractivity contribution in [1.82, 2.24) is 0 Å². The summed E-state index contributed by atoms with van der Waals surface area (Å²) in [6, 6.07) is -0.476. The van der Waals surface area contributed by atoms with E-state index in [9.17, 15) is 54.3 Å². The molecule has 17 heteroatoms. The zero-order chi connectivity index (χ0) is 38.6. The number of carbonyl (C=O) groups is 6. The molecule has 0 aromatic carbocycles. The minimum atomic E-state index is -1.59. The molecular formula is C34H61NO16. The van der Waals surface area contributed by atoms with Gasteiger partial charge in [-0.05, 0) is 50.9 Å². The second-order valence-corrected chi connectivity index (χ2v) is 13.6. The molecule has 0 aliphatic carbocycles. The van der Waals surface area contributed by atoms with E-state index in [4.69, 9.17) is 25.4 Å². The van der Waals surface area contributed by atoms with Crippen molar-refractivity contribution in [3.8, 4) is 0 Å². The minimum Gasteiger partial charge on any atom is -0.481 e. The highest BCUT2D eigenvalue weighted by Gasteiger charge is 2.37. The predicted octanol–water partition coefficient (Wildman–Crippen LogP) is 1.74. The van der Waals surface area contributed by atoms with E-state index < -0.39 is 116 Å². The van der Waals surface area contributed by atoms with Crippen molar-refractivity contribution < 1.29 is 79.5 Å². The van der Waals surface area contributed by atoms with Crippen LogP contribution in [0.4, 0.5) is 0 Å². The summed E-state index contributed by atoms with van der Waals surface area (Å²) in [6.07, 6.45) is -3.74. The first-order valence-corrected chi connectivity index (χ1v) is 17.3. The molecule has 0 aliphatic rings. The Labute approximate surface area is 298 Å². The highest BCUT2D eigenvalue weighted by Crippen LogP contribution is 2.29. The SMILES string of the molecule is CCCC[C@@H](C)[C@@H](OC(=O)C[C@@H](CC(=O)O)C(=O)O)C(C[C@@H](C)C[C@H](O)CCCC[C@@H](O)C[C@H](O)[C@H](C)N)OC(=O)C[C@@H](CC(=O)O)C(=O)O.O. The number of unbranched alkanes of at least 4 members (excludes halogenated alkanes) is 2. The molecule has 0 spiro atoms. The Bertz CT molecular complexity index is 1070. The molecule has 17 nitrogen and oxygen atoms in total. The van der Waals surface area contributed by atoms with Crippen molar-refractivity contribution in [1.29, 1.82) is 0 Å². The molecule has 0 aromatic rings. The molecular weight excluding hydrogens is 678 g/mol. The number of aliphatic hydroxyl groups is 3. The molecule has 0 saturated carbocycles. The van der Waals surface area contributed by atoms with Crippen molar-refractivity contribution in [3.05, 3.63) is 0 Å². The Morgan fingerprint density at radius 1 is 0.627 bits per heavy atom. The molecule has 0 fully saturated rings. The van der Waals surface area contributed by atoms with Crippen LogP contribution in [0.1, 0.15) is 118 Å². The molecule has 0 amide bonds. The largest absolute Gasteiger partial charge is 0.481 e. The van der Waals surface area contributed by atoms with Gasteiger partial charge in [-0.1, -0.05) is 46.5 Å². The quantitative estimate of drug-likeness (QED) is 0.0400. The molecule has 0 saturated heterocycles. The number of aliphatic hydroxyl groups excluding tert-OH is 3. The molecule has 0 rings (SSSR count). The summed E-state index contributed by atoms with van der Waals surface area (Å²) in [5, 5.41) is 67.8. The Balaban J connectivity index is 0. The predicted molar refractivity (Wildman–Crippen MR) is 181 cm³/mol. The number of ether oxygens (including phenoxy) is 2. The van der Waals surface area contributed by atoms with Crippen LogP contribution in [0, 0.1) is 23.7 Å². The van der Waals surface area contributed by atoms with Gasteiger partial charge in [0.25, 0.3) is 0 Å². The van der Waals surface area contributed by atoms with Gasteiger partial charge in [-0.3, -0.25) is 28.8 Å². The van der Waals surface area contributed by atoms with Crippen LogP contribution in [0.3, 0.4) is 0 Å². The van der Waals surface area contributed by atoms with Crippen molar-refractivity contribution in [2.24, 2.45) is 29.4 Å². The maximum absolute atomic E-state index is 13.0. The number of hydrogen-bond donors (Lipinski definition) is 8. The third kappa shape index (κ3) is 22.9. The van der Waals surface area contributed by atoms with Crippen LogP contribution in [-0.4, -0.2) is 114 Å². The highest BCUT2D eigenvalue weighted by molar-refractivity contribution is 5.83. The Kier molecular flexibility index (Phi) is 25.7. The number of hydrogen-bond acceptors (Lipinski definition) is 12. The normalized spacial score (nSPS) is 17.2. The van der Waals surface area contributed by atoms with Gasteiger partial charge in [0.05, 0.1) is 55.8 Å².